The number of amides is 2. The second-order valence-electron chi connectivity index (χ2n) is 8.22. The van der Waals surface area contributed by atoms with Gasteiger partial charge in [0.25, 0.3) is 5.91 Å². The Balaban J connectivity index is 1.34. The number of rotatable bonds is 7. The number of carbonyl (C=O) groups is 3. The van der Waals surface area contributed by atoms with Crippen molar-refractivity contribution in [3.8, 4) is 5.75 Å². The molecule has 0 radical (unpaired) electrons. The molecule has 0 aliphatic carbocycles. The van der Waals surface area contributed by atoms with Crippen molar-refractivity contribution >= 4 is 29.4 Å². The standard InChI is InChI=1S/C26H29N3O4/c1-2-23(30)21-10-11-24-22(17-21)29(26(32)19-33-24)18-25(31)28-15-13-27(14-16-28)12-6-9-20-7-4-3-5-8-20/h3-11,17H,2,12-16,18-19H2,1H3/b9-6+. The van der Waals surface area contributed by atoms with E-state index in [0.717, 1.165) is 19.6 Å². The van der Waals surface area contributed by atoms with E-state index in [1.54, 1.807) is 30.0 Å². The van der Waals surface area contributed by atoms with Crippen LogP contribution in [-0.4, -0.2) is 73.3 Å². The summed E-state index contributed by atoms with van der Waals surface area (Å²) < 4.78 is 5.50. The highest BCUT2D eigenvalue weighted by Crippen LogP contribution is 2.33. The van der Waals surface area contributed by atoms with Crippen LogP contribution in [0.3, 0.4) is 0 Å². The van der Waals surface area contributed by atoms with Crippen molar-refractivity contribution in [2.45, 2.75) is 13.3 Å². The second-order valence-corrected chi connectivity index (χ2v) is 8.22. The lowest BCUT2D eigenvalue weighted by atomic mass is 10.1. The van der Waals surface area contributed by atoms with Crippen molar-refractivity contribution in [2.24, 2.45) is 0 Å². The number of fused-ring (bicyclic) bond motifs is 1. The summed E-state index contributed by atoms with van der Waals surface area (Å²) >= 11 is 0. The molecule has 0 aromatic heterocycles. The Kier molecular flexibility index (Phi) is 7.19. The van der Waals surface area contributed by atoms with Crippen LogP contribution in [0.25, 0.3) is 6.08 Å². The third kappa shape index (κ3) is 5.49. The van der Waals surface area contributed by atoms with E-state index in [4.69, 9.17) is 4.74 Å². The molecule has 0 bridgehead atoms. The number of hydrogen-bond acceptors (Lipinski definition) is 5. The summed E-state index contributed by atoms with van der Waals surface area (Å²) in [5.74, 6) is 0.133. The third-order valence-electron chi connectivity index (χ3n) is 6.04. The lowest BCUT2D eigenvalue weighted by Crippen LogP contribution is -2.52. The number of anilines is 1. The Morgan fingerprint density at radius 1 is 1.03 bits per heavy atom. The summed E-state index contributed by atoms with van der Waals surface area (Å²) in [6.45, 7) is 5.29. The van der Waals surface area contributed by atoms with Crippen LogP contribution in [0, 0.1) is 0 Å². The largest absolute Gasteiger partial charge is 0.482 e. The van der Waals surface area contributed by atoms with Crippen LogP contribution < -0.4 is 9.64 Å². The van der Waals surface area contributed by atoms with E-state index in [1.807, 2.05) is 18.2 Å². The van der Waals surface area contributed by atoms with Crippen LogP contribution in [0.2, 0.25) is 0 Å². The first kappa shape index (κ1) is 22.7. The minimum absolute atomic E-state index is 0.0143. The topological polar surface area (TPSA) is 70.2 Å². The first-order valence-electron chi connectivity index (χ1n) is 11.4. The van der Waals surface area contributed by atoms with Gasteiger partial charge in [0, 0.05) is 44.7 Å². The van der Waals surface area contributed by atoms with E-state index in [9.17, 15) is 14.4 Å². The second kappa shape index (κ2) is 10.4. The Bertz CT molecular complexity index is 1040. The van der Waals surface area contributed by atoms with E-state index in [2.05, 4.69) is 29.2 Å². The third-order valence-corrected chi connectivity index (χ3v) is 6.04. The molecule has 0 spiro atoms. The molecular weight excluding hydrogens is 418 g/mol. The number of nitrogens with zero attached hydrogens (tertiary/aromatic N) is 3. The molecule has 172 valence electrons. The molecule has 0 atom stereocenters. The van der Waals surface area contributed by atoms with Gasteiger partial charge in [-0.3, -0.25) is 24.2 Å². The van der Waals surface area contributed by atoms with Gasteiger partial charge in [0.05, 0.1) is 5.69 Å². The van der Waals surface area contributed by atoms with Crippen molar-refractivity contribution in [3.63, 3.8) is 0 Å². The molecule has 2 aliphatic rings. The Morgan fingerprint density at radius 2 is 1.79 bits per heavy atom. The van der Waals surface area contributed by atoms with E-state index < -0.39 is 0 Å². The predicted octanol–water partition coefficient (Wildman–Crippen LogP) is 2.86. The van der Waals surface area contributed by atoms with Gasteiger partial charge in [-0.1, -0.05) is 49.4 Å². The van der Waals surface area contributed by atoms with Crippen molar-refractivity contribution in [1.29, 1.82) is 0 Å². The minimum atomic E-state index is -0.276. The van der Waals surface area contributed by atoms with Crippen molar-refractivity contribution in [3.05, 3.63) is 65.7 Å². The highest BCUT2D eigenvalue weighted by Gasteiger charge is 2.30. The Morgan fingerprint density at radius 3 is 2.52 bits per heavy atom. The van der Waals surface area contributed by atoms with Crippen LogP contribution >= 0.6 is 0 Å². The summed E-state index contributed by atoms with van der Waals surface area (Å²) in [6.07, 6.45) is 4.62. The summed E-state index contributed by atoms with van der Waals surface area (Å²) in [4.78, 5) is 43.2. The maximum atomic E-state index is 13.0. The lowest BCUT2D eigenvalue weighted by Gasteiger charge is -2.36. The summed E-state index contributed by atoms with van der Waals surface area (Å²) in [5.41, 5.74) is 2.18. The van der Waals surface area contributed by atoms with Gasteiger partial charge < -0.3 is 9.64 Å². The summed E-state index contributed by atoms with van der Waals surface area (Å²) in [7, 11) is 0. The average molecular weight is 448 g/mol. The van der Waals surface area contributed by atoms with Gasteiger partial charge in [-0.25, -0.2) is 0 Å². The normalized spacial score (nSPS) is 16.6. The predicted molar refractivity (Wildman–Crippen MR) is 127 cm³/mol. The van der Waals surface area contributed by atoms with Crippen LogP contribution in [0.15, 0.2) is 54.6 Å². The zero-order chi connectivity index (χ0) is 23.2. The van der Waals surface area contributed by atoms with Crippen molar-refractivity contribution in [1.82, 2.24) is 9.80 Å². The fourth-order valence-electron chi connectivity index (χ4n) is 4.07. The van der Waals surface area contributed by atoms with Gasteiger partial charge in [-0.15, -0.1) is 0 Å². The highest BCUT2D eigenvalue weighted by molar-refractivity contribution is 6.04. The maximum Gasteiger partial charge on any atom is 0.265 e. The molecule has 7 heteroatoms. The number of piperazine rings is 1. The molecule has 33 heavy (non-hydrogen) atoms. The van der Waals surface area contributed by atoms with E-state index in [1.165, 1.54) is 10.5 Å². The molecule has 2 aromatic rings. The molecule has 7 nitrogen and oxygen atoms in total. The fraction of sp³-hybridized carbons (Fsp3) is 0.346. The molecule has 4 rings (SSSR count). The van der Waals surface area contributed by atoms with Crippen molar-refractivity contribution in [2.75, 3.05) is 50.8 Å². The first-order chi connectivity index (χ1) is 16.0. The Hall–Kier alpha value is -3.45. The van der Waals surface area contributed by atoms with Gasteiger partial charge in [-0.2, -0.15) is 0 Å². The number of Topliss-reactive ketones (excluding diaryl/α,β-unsaturated/α-hetero) is 1. The molecule has 1 saturated heterocycles. The smallest absolute Gasteiger partial charge is 0.265 e. The summed E-state index contributed by atoms with van der Waals surface area (Å²) in [6, 6.07) is 15.2. The molecule has 2 aliphatic heterocycles. The number of ketones is 1. The molecule has 0 N–H and O–H groups in total. The number of carbonyl (C=O) groups excluding carboxylic acids is 3. The van der Waals surface area contributed by atoms with Crippen LogP contribution in [-0.2, 0) is 9.59 Å². The lowest BCUT2D eigenvalue weighted by molar-refractivity contribution is -0.133. The van der Waals surface area contributed by atoms with E-state index >= 15 is 0 Å². The fourth-order valence-corrected chi connectivity index (χ4v) is 4.07. The van der Waals surface area contributed by atoms with Gasteiger partial charge in [-0.05, 0) is 23.8 Å². The van der Waals surface area contributed by atoms with Gasteiger partial charge in [0.15, 0.2) is 12.4 Å². The molecular formula is C26H29N3O4. The van der Waals surface area contributed by atoms with Crippen molar-refractivity contribution < 1.29 is 19.1 Å². The van der Waals surface area contributed by atoms with E-state index in [0.29, 0.717) is 36.5 Å². The summed E-state index contributed by atoms with van der Waals surface area (Å²) in [5, 5.41) is 0. The zero-order valence-electron chi connectivity index (χ0n) is 18.9. The average Bonchev–Trinajstić information content (AvgIpc) is 2.86. The zero-order valence-corrected chi connectivity index (χ0v) is 18.9. The molecule has 2 amide bonds. The van der Waals surface area contributed by atoms with Crippen LogP contribution in [0.4, 0.5) is 5.69 Å². The Labute approximate surface area is 194 Å². The molecule has 1 fully saturated rings. The minimum Gasteiger partial charge on any atom is -0.482 e. The van der Waals surface area contributed by atoms with Gasteiger partial charge in [0.2, 0.25) is 5.91 Å². The van der Waals surface area contributed by atoms with Crippen LogP contribution in [0.1, 0.15) is 29.3 Å². The maximum absolute atomic E-state index is 13.0. The van der Waals surface area contributed by atoms with E-state index in [-0.39, 0.29) is 30.7 Å². The molecule has 0 saturated carbocycles. The molecule has 2 heterocycles. The van der Waals surface area contributed by atoms with Gasteiger partial charge >= 0.3 is 0 Å². The number of benzene rings is 2. The molecule has 2 aromatic carbocycles. The molecule has 0 unspecified atom stereocenters. The first-order valence-corrected chi connectivity index (χ1v) is 11.4. The van der Waals surface area contributed by atoms with Gasteiger partial charge in [0.1, 0.15) is 12.3 Å². The SMILES string of the molecule is CCC(=O)c1ccc2c(c1)N(CC(=O)N1CCN(C/C=C/c3ccccc3)CC1)C(=O)CO2. The monoisotopic (exact) mass is 447 g/mol. The highest BCUT2D eigenvalue weighted by atomic mass is 16.5. The quantitative estimate of drug-likeness (QED) is 0.611. The number of ether oxygens (including phenoxy) is 1. The van der Waals surface area contributed by atoms with Crippen LogP contribution in [0.5, 0.6) is 5.75 Å². The number of hydrogen-bond donors (Lipinski definition) is 0.